The van der Waals surface area contributed by atoms with Crippen molar-refractivity contribution < 1.29 is 28.5 Å². The van der Waals surface area contributed by atoms with Crippen molar-refractivity contribution in [1.82, 2.24) is 10.6 Å². The van der Waals surface area contributed by atoms with Gasteiger partial charge in [0, 0.05) is 26.3 Å². The summed E-state index contributed by atoms with van der Waals surface area (Å²) >= 11 is 0. The maximum Gasteiger partial charge on any atom is 0.256 e. The van der Waals surface area contributed by atoms with Crippen LogP contribution in [-0.2, 0) is 28.5 Å². The van der Waals surface area contributed by atoms with E-state index in [1.165, 1.54) is 25.7 Å². The molecule has 0 saturated carbocycles. The van der Waals surface area contributed by atoms with Gasteiger partial charge in [-0.3, -0.25) is 9.59 Å². The van der Waals surface area contributed by atoms with E-state index in [1.807, 2.05) is 6.08 Å². The fourth-order valence-corrected chi connectivity index (χ4v) is 3.47. The largest absolute Gasteiger partial charge is 0.379 e. The number of ether oxygens (including phenoxy) is 4. The van der Waals surface area contributed by atoms with E-state index in [1.54, 1.807) is 0 Å². The Bertz CT molecular complexity index is 550. The lowest BCUT2D eigenvalue weighted by Gasteiger charge is -2.11. The minimum atomic E-state index is -0.288. The van der Waals surface area contributed by atoms with Gasteiger partial charge in [-0.2, -0.15) is 0 Å². The van der Waals surface area contributed by atoms with Crippen LogP contribution in [0.25, 0.3) is 0 Å². The van der Waals surface area contributed by atoms with Crippen LogP contribution in [0.4, 0.5) is 0 Å². The van der Waals surface area contributed by atoms with E-state index in [9.17, 15) is 9.59 Å². The molecule has 8 heteroatoms. The van der Waals surface area contributed by atoms with Crippen LogP contribution >= 0.6 is 0 Å². The third-order valence-electron chi connectivity index (χ3n) is 5.81. The van der Waals surface area contributed by atoms with Gasteiger partial charge in [0.05, 0.1) is 26.4 Å². The molecule has 2 aliphatic heterocycles. The van der Waals surface area contributed by atoms with E-state index in [0.29, 0.717) is 39.5 Å². The average Bonchev–Trinajstić information content (AvgIpc) is 3.75. The Morgan fingerprint density at radius 2 is 1.26 bits per heavy atom. The van der Waals surface area contributed by atoms with Gasteiger partial charge in [0.2, 0.25) is 0 Å². The summed E-state index contributed by atoms with van der Waals surface area (Å²) in [7, 11) is 0. The molecule has 2 atom stereocenters. The first kappa shape index (κ1) is 28.8. The van der Waals surface area contributed by atoms with Gasteiger partial charge in [-0.1, -0.05) is 45.1 Å². The molecule has 0 aromatic carbocycles. The molecule has 2 fully saturated rings. The van der Waals surface area contributed by atoms with Crippen molar-refractivity contribution >= 4 is 11.8 Å². The first-order valence-electron chi connectivity index (χ1n) is 13.4. The van der Waals surface area contributed by atoms with Crippen molar-refractivity contribution in [1.29, 1.82) is 0 Å². The van der Waals surface area contributed by atoms with Gasteiger partial charge in [0.15, 0.2) is 0 Å². The van der Waals surface area contributed by atoms with Crippen molar-refractivity contribution in [3.8, 4) is 0 Å². The molecular formula is C26H46N2O6. The van der Waals surface area contributed by atoms with Gasteiger partial charge >= 0.3 is 0 Å². The average molecular weight is 483 g/mol. The van der Waals surface area contributed by atoms with Crippen LogP contribution in [0.3, 0.4) is 0 Å². The summed E-state index contributed by atoms with van der Waals surface area (Å²) in [5, 5.41) is 5.80. The van der Waals surface area contributed by atoms with E-state index in [2.05, 4.69) is 17.6 Å². The van der Waals surface area contributed by atoms with Crippen LogP contribution < -0.4 is 10.6 Å². The van der Waals surface area contributed by atoms with Crippen LogP contribution in [0.5, 0.6) is 0 Å². The molecular weight excluding hydrogens is 436 g/mol. The van der Waals surface area contributed by atoms with Crippen LogP contribution in [-0.4, -0.2) is 76.8 Å². The molecule has 0 radical (unpaired) electrons. The predicted octanol–water partition coefficient (Wildman–Crippen LogP) is 3.29. The Kier molecular flexibility index (Phi) is 15.9. The highest BCUT2D eigenvalue weighted by Gasteiger charge is 2.22. The van der Waals surface area contributed by atoms with E-state index in [0.717, 1.165) is 58.2 Å². The molecule has 8 nitrogen and oxygen atoms in total. The number of rotatable bonds is 23. The van der Waals surface area contributed by atoms with Gasteiger partial charge in [0.25, 0.3) is 11.8 Å². The zero-order valence-corrected chi connectivity index (χ0v) is 21.1. The Labute approximate surface area is 205 Å². The lowest BCUT2D eigenvalue weighted by molar-refractivity contribution is -0.123. The number of hydrogen-bond donors (Lipinski definition) is 2. The zero-order valence-electron chi connectivity index (χ0n) is 21.1. The number of allylic oxidation sites excluding steroid dienone is 1. The molecule has 0 spiro atoms. The van der Waals surface area contributed by atoms with E-state index in [4.69, 9.17) is 18.9 Å². The molecule has 2 saturated heterocycles. The van der Waals surface area contributed by atoms with Crippen molar-refractivity contribution in [3.05, 3.63) is 11.6 Å². The molecule has 0 bridgehead atoms. The lowest BCUT2D eigenvalue weighted by Crippen LogP contribution is -2.35. The summed E-state index contributed by atoms with van der Waals surface area (Å²) in [5.41, 5.74) is 0.234. The number of nitrogens with one attached hydrogen (secondary N) is 2. The Morgan fingerprint density at radius 3 is 1.76 bits per heavy atom. The molecule has 2 N–H and O–H groups in total. The van der Waals surface area contributed by atoms with Crippen molar-refractivity contribution in [2.24, 2.45) is 0 Å². The number of carbonyl (C=O) groups is 2. The zero-order chi connectivity index (χ0) is 24.3. The molecule has 2 aliphatic rings. The number of carbonyl (C=O) groups excluding carboxylic acids is 2. The van der Waals surface area contributed by atoms with Crippen molar-refractivity contribution in [2.45, 2.75) is 89.8 Å². The summed E-state index contributed by atoms with van der Waals surface area (Å²) in [6, 6.07) is 0. The minimum absolute atomic E-state index is 0.234. The third-order valence-corrected chi connectivity index (χ3v) is 5.81. The molecule has 2 rings (SSSR count). The number of hydrogen-bond acceptors (Lipinski definition) is 6. The quantitative estimate of drug-likeness (QED) is 0.0762. The van der Waals surface area contributed by atoms with Crippen LogP contribution in [0.1, 0.15) is 77.6 Å². The van der Waals surface area contributed by atoms with Crippen LogP contribution in [0, 0.1) is 0 Å². The molecule has 0 aromatic rings. The number of amides is 2. The lowest BCUT2D eigenvalue weighted by atomic mass is 10.1. The number of epoxide rings is 2. The number of unbranched alkanes of at least 4 members (excludes halogenated alkanes) is 8. The molecule has 2 amide bonds. The molecule has 2 heterocycles. The molecule has 0 aliphatic carbocycles. The van der Waals surface area contributed by atoms with E-state index in [-0.39, 0.29) is 29.6 Å². The minimum Gasteiger partial charge on any atom is -0.379 e. The monoisotopic (exact) mass is 482 g/mol. The Balaban J connectivity index is 1.62. The summed E-state index contributed by atoms with van der Waals surface area (Å²) in [5.74, 6) is -0.577. The Hall–Kier alpha value is -1.48. The van der Waals surface area contributed by atoms with E-state index >= 15 is 0 Å². The topological polar surface area (TPSA) is 102 Å². The molecule has 34 heavy (non-hydrogen) atoms. The Morgan fingerprint density at radius 1 is 0.765 bits per heavy atom. The van der Waals surface area contributed by atoms with Crippen LogP contribution in [0.15, 0.2) is 11.6 Å². The smallest absolute Gasteiger partial charge is 0.256 e. The summed E-state index contributed by atoms with van der Waals surface area (Å²) < 4.78 is 21.2. The maximum absolute atomic E-state index is 12.7. The SMILES string of the molecule is CCCCCCCCC=C(C(=O)NCCCCOCC1CO1)C(=O)NCCCCOCC1CO1. The fourth-order valence-electron chi connectivity index (χ4n) is 3.47. The standard InChI is InChI=1S/C26H46N2O6/c1-2-3-4-5-6-7-8-13-24(25(29)27-14-9-11-16-31-18-22-20-33-22)26(30)28-15-10-12-17-32-19-23-21-34-23/h13,22-23H,2-12,14-21H2,1H3,(H,27,29)(H,28,30). The van der Waals surface area contributed by atoms with Gasteiger partial charge in [-0.25, -0.2) is 0 Å². The van der Waals surface area contributed by atoms with E-state index < -0.39 is 0 Å². The van der Waals surface area contributed by atoms with Gasteiger partial charge in [-0.15, -0.1) is 0 Å². The van der Waals surface area contributed by atoms with Gasteiger partial charge < -0.3 is 29.6 Å². The second kappa shape index (κ2) is 18.8. The highest BCUT2D eigenvalue weighted by molar-refractivity contribution is 6.18. The molecule has 0 aromatic heterocycles. The van der Waals surface area contributed by atoms with Crippen molar-refractivity contribution in [2.75, 3.05) is 52.7 Å². The second-order valence-corrected chi connectivity index (χ2v) is 9.16. The highest BCUT2D eigenvalue weighted by Crippen LogP contribution is 2.11. The summed E-state index contributed by atoms with van der Waals surface area (Å²) in [6.45, 7) is 7.50. The highest BCUT2D eigenvalue weighted by atomic mass is 16.6. The normalized spacial score (nSPS) is 18.4. The maximum atomic E-state index is 12.7. The molecule has 196 valence electrons. The van der Waals surface area contributed by atoms with Crippen LogP contribution in [0.2, 0.25) is 0 Å². The second-order valence-electron chi connectivity index (χ2n) is 9.16. The predicted molar refractivity (Wildman–Crippen MR) is 132 cm³/mol. The first-order valence-corrected chi connectivity index (χ1v) is 13.4. The molecule has 2 unspecified atom stereocenters. The first-order chi connectivity index (χ1) is 16.7. The van der Waals surface area contributed by atoms with Crippen molar-refractivity contribution in [3.63, 3.8) is 0 Å². The van der Waals surface area contributed by atoms with Gasteiger partial charge in [-0.05, 0) is 38.5 Å². The summed E-state index contributed by atoms with van der Waals surface area (Å²) in [6.07, 6.45) is 13.6. The summed E-state index contributed by atoms with van der Waals surface area (Å²) in [4.78, 5) is 25.4. The fraction of sp³-hybridized carbons (Fsp3) is 0.846. The third kappa shape index (κ3) is 15.4. The van der Waals surface area contributed by atoms with Gasteiger partial charge in [0.1, 0.15) is 17.8 Å².